The van der Waals surface area contributed by atoms with Crippen LogP contribution < -0.4 is 19.5 Å². The lowest BCUT2D eigenvalue weighted by molar-refractivity contribution is -0.0765. The Morgan fingerprint density at radius 1 is 1.09 bits per heavy atom. The van der Waals surface area contributed by atoms with Crippen molar-refractivity contribution < 1.29 is 28.2 Å². The van der Waals surface area contributed by atoms with Crippen molar-refractivity contribution >= 4 is 5.91 Å². The highest BCUT2D eigenvalue weighted by molar-refractivity contribution is 5.91. The summed E-state index contributed by atoms with van der Waals surface area (Å²) < 4.78 is 28.0. The first-order valence-corrected chi connectivity index (χ1v) is 11.1. The van der Waals surface area contributed by atoms with Crippen molar-refractivity contribution in [3.05, 3.63) is 41.9 Å². The van der Waals surface area contributed by atoms with Crippen molar-refractivity contribution in [1.82, 2.24) is 10.2 Å². The van der Waals surface area contributed by atoms with Gasteiger partial charge in [-0.3, -0.25) is 9.69 Å². The van der Waals surface area contributed by atoms with Crippen molar-refractivity contribution in [3.63, 3.8) is 0 Å². The minimum Gasteiger partial charge on any atom is -0.496 e. The van der Waals surface area contributed by atoms with Crippen molar-refractivity contribution in [2.75, 3.05) is 41.0 Å². The molecule has 0 saturated carbocycles. The second-order valence-electron chi connectivity index (χ2n) is 8.44. The fourth-order valence-corrected chi connectivity index (χ4v) is 4.68. The average molecular weight is 445 g/mol. The third kappa shape index (κ3) is 4.86. The Morgan fingerprint density at radius 2 is 1.81 bits per heavy atom. The zero-order valence-corrected chi connectivity index (χ0v) is 19.0. The molecule has 2 aromatic rings. The molecular formula is C24H32N2O6. The van der Waals surface area contributed by atoms with Gasteiger partial charge in [0.1, 0.15) is 5.75 Å². The number of hydrogen-bond donors (Lipinski definition) is 1. The highest BCUT2D eigenvalue weighted by Crippen LogP contribution is 2.40. The third-order valence-corrected chi connectivity index (χ3v) is 6.52. The van der Waals surface area contributed by atoms with Crippen LogP contribution in [0.1, 0.15) is 41.8 Å². The monoisotopic (exact) mass is 444 g/mol. The van der Waals surface area contributed by atoms with Gasteiger partial charge in [-0.1, -0.05) is 0 Å². The molecule has 2 aliphatic rings. The van der Waals surface area contributed by atoms with Gasteiger partial charge >= 0.3 is 0 Å². The van der Waals surface area contributed by atoms with Crippen LogP contribution >= 0.6 is 0 Å². The normalized spacial score (nSPS) is 20.3. The summed E-state index contributed by atoms with van der Waals surface area (Å²) in [7, 11) is 4.94. The summed E-state index contributed by atoms with van der Waals surface area (Å²) in [6.07, 6.45) is 5.49. The number of hydrogen-bond acceptors (Lipinski definition) is 7. The zero-order chi connectivity index (χ0) is 22.6. The lowest BCUT2D eigenvalue weighted by Crippen LogP contribution is -2.44. The summed E-state index contributed by atoms with van der Waals surface area (Å²) in [5.41, 5.74) is 0.991. The number of carbonyl (C=O) groups excluding carboxylic acids is 1. The van der Waals surface area contributed by atoms with Crippen molar-refractivity contribution in [2.45, 2.75) is 43.9 Å². The highest BCUT2D eigenvalue weighted by Gasteiger charge is 2.42. The molecule has 0 aliphatic carbocycles. The molecule has 1 N–H and O–H groups in total. The maximum absolute atomic E-state index is 12.1. The second-order valence-corrected chi connectivity index (χ2v) is 8.44. The summed E-state index contributed by atoms with van der Waals surface area (Å²) in [5, 5.41) is 2.92. The van der Waals surface area contributed by atoms with Crippen LogP contribution in [0.5, 0.6) is 17.2 Å². The number of nitrogens with one attached hydrogen (secondary N) is 1. The molecule has 1 spiro atoms. The van der Waals surface area contributed by atoms with E-state index in [2.05, 4.69) is 10.2 Å². The van der Waals surface area contributed by atoms with Gasteiger partial charge in [0.15, 0.2) is 17.3 Å². The molecule has 1 aromatic heterocycles. The fourth-order valence-electron chi connectivity index (χ4n) is 4.68. The second kappa shape index (κ2) is 9.83. The first-order valence-electron chi connectivity index (χ1n) is 11.1. The summed E-state index contributed by atoms with van der Waals surface area (Å²) in [5.74, 6) is 2.30. The number of benzene rings is 1. The number of rotatable bonds is 8. The van der Waals surface area contributed by atoms with Crippen molar-refractivity contribution in [3.8, 4) is 17.2 Å². The zero-order valence-electron chi connectivity index (χ0n) is 19.0. The molecule has 0 radical (unpaired) electrons. The summed E-state index contributed by atoms with van der Waals surface area (Å²) in [6.45, 7) is 3.18. The summed E-state index contributed by atoms with van der Waals surface area (Å²) in [4.78, 5) is 14.5. The molecule has 2 saturated heterocycles. The number of piperidine rings is 1. The number of nitrogens with zero attached hydrogens (tertiary/aromatic N) is 1. The summed E-state index contributed by atoms with van der Waals surface area (Å²) in [6, 6.07) is 7.24. The molecule has 3 heterocycles. The van der Waals surface area contributed by atoms with E-state index in [-0.39, 0.29) is 17.6 Å². The average Bonchev–Trinajstić information content (AvgIpc) is 3.50. The summed E-state index contributed by atoms with van der Waals surface area (Å²) >= 11 is 0. The van der Waals surface area contributed by atoms with Gasteiger partial charge in [-0.2, -0.15) is 0 Å². The van der Waals surface area contributed by atoms with Gasteiger partial charge in [0, 0.05) is 37.8 Å². The van der Waals surface area contributed by atoms with Crippen LogP contribution in [0.4, 0.5) is 0 Å². The Balaban J connectivity index is 1.29. The van der Waals surface area contributed by atoms with E-state index in [1.165, 1.54) is 6.26 Å². The predicted molar refractivity (Wildman–Crippen MR) is 118 cm³/mol. The SMILES string of the molecule is COc1cc(OC)c(OC)cc1CN1CCC2(CC[C@H](CNC(=O)c3ccco3)O2)CC1. The van der Waals surface area contributed by atoms with Crippen LogP contribution in [0.25, 0.3) is 0 Å². The largest absolute Gasteiger partial charge is 0.496 e. The molecule has 1 atom stereocenters. The van der Waals surface area contributed by atoms with Crippen LogP contribution in [0.2, 0.25) is 0 Å². The van der Waals surface area contributed by atoms with E-state index in [1.807, 2.05) is 12.1 Å². The molecule has 174 valence electrons. The molecule has 0 unspecified atom stereocenters. The Morgan fingerprint density at radius 3 is 2.47 bits per heavy atom. The molecule has 2 fully saturated rings. The van der Waals surface area contributed by atoms with E-state index in [9.17, 15) is 4.79 Å². The first kappa shape index (κ1) is 22.5. The van der Waals surface area contributed by atoms with Gasteiger partial charge in [-0.15, -0.1) is 0 Å². The number of amides is 1. The van der Waals surface area contributed by atoms with E-state index in [1.54, 1.807) is 33.5 Å². The molecule has 8 heteroatoms. The predicted octanol–water partition coefficient (Wildman–Crippen LogP) is 3.25. The molecule has 4 rings (SSSR count). The Bertz CT molecular complexity index is 905. The van der Waals surface area contributed by atoms with Crippen LogP contribution in [0.15, 0.2) is 34.9 Å². The molecule has 1 aromatic carbocycles. The Hall–Kier alpha value is -2.71. The maximum Gasteiger partial charge on any atom is 0.287 e. The first-order chi connectivity index (χ1) is 15.6. The molecular weight excluding hydrogens is 412 g/mol. The van der Waals surface area contributed by atoms with Gasteiger partial charge in [0.25, 0.3) is 5.91 Å². The van der Waals surface area contributed by atoms with Crippen LogP contribution in [0, 0.1) is 0 Å². The van der Waals surface area contributed by atoms with Gasteiger partial charge in [0.2, 0.25) is 0 Å². The molecule has 32 heavy (non-hydrogen) atoms. The molecule has 2 aliphatic heterocycles. The Kier molecular flexibility index (Phi) is 6.91. The van der Waals surface area contributed by atoms with Crippen molar-refractivity contribution in [2.24, 2.45) is 0 Å². The van der Waals surface area contributed by atoms with Gasteiger partial charge < -0.3 is 28.7 Å². The van der Waals surface area contributed by atoms with Crippen molar-refractivity contribution in [1.29, 1.82) is 0 Å². The lowest BCUT2D eigenvalue weighted by atomic mass is 9.88. The quantitative estimate of drug-likeness (QED) is 0.669. The minimum absolute atomic E-state index is 0.0476. The number of methoxy groups -OCH3 is 3. The van der Waals surface area contributed by atoms with Crippen LogP contribution in [0.3, 0.4) is 0 Å². The molecule has 0 bridgehead atoms. The third-order valence-electron chi connectivity index (χ3n) is 6.52. The fraction of sp³-hybridized carbons (Fsp3) is 0.542. The van der Waals surface area contributed by atoms with Crippen LogP contribution in [-0.4, -0.2) is 63.5 Å². The van der Waals surface area contributed by atoms with E-state index in [0.29, 0.717) is 23.8 Å². The van der Waals surface area contributed by atoms with E-state index in [0.717, 1.165) is 56.6 Å². The van der Waals surface area contributed by atoms with E-state index >= 15 is 0 Å². The van der Waals surface area contributed by atoms with Crippen LogP contribution in [-0.2, 0) is 11.3 Å². The molecule has 8 nitrogen and oxygen atoms in total. The Labute approximate surface area is 188 Å². The standard InChI is InChI=1S/C24H32N2O6/c1-28-20-14-22(30-3)21(29-2)13-17(20)16-26-10-8-24(9-11-26)7-6-18(32-24)15-25-23(27)19-5-4-12-31-19/h4-5,12-14,18H,6-11,15-16H2,1-3H3,(H,25,27)/t18-/m1/s1. The van der Waals surface area contributed by atoms with Gasteiger partial charge in [-0.25, -0.2) is 0 Å². The number of carbonyl (C=O) groups is 1. The number of ether oxygens (including phenoxy) is 4. The topological polar surface area (TPSA) is 82.4 Å². The van der Waals surface area contributed by atoms with Gasteiger partial charge in [-0.05, 0) is 43.9 Å². The highest BCUT2D eigenvalue weighted by atomic mass is 16.5. The maximum atomic E-state index is 12.1. The molecule has 1 amide bonds. The van der Waals surface area contributed by atoms with E-state index in [4.69, 9.17) is 23.4 Å². The van der Waals surface area contributed by atoms with E-state index < -0.39 is 0 Å². The lowest BCUT2D eigenvalue weighted by Gasteiger charge is -2.39. The smallest absolute Gasteiger partial charge is 0.287 e. The number of likely N-dealkylation sites (tertiary alicyclic amines) is 1. The van der Waals surface area contributed by atoms with Gasteiger partial charge in [0.05, 0.1) is 39.3 Å². The number of furan rings is 1. The minimum atomic E-state index is -0.196.